The number of benzene rings is 2. The quantitative estimate of drug-likeness (QED) is 0.867. The number of hydrogen-bond acceptors (Lipinski definition) is 2. The van der Waals surface area contributed by atoms with Crippen molar-refractivity contribution < 1.29 is 27.8 Å². The van der Waals surface area contributed by atoms with Gasteiger partial charge in [0.15, 0.2) is 17.4 Å². The van der Waals surface area contributed by atoms with Gasteiger partial charge in [-0.15, -0.1) is 0 Å². The number of halogens is 3. The molecule has 0 heterocycles. The molecule has 0 fully saturated rings. The van der Waals surface area contributed by atoms with Crippen LogP contribution in [-0.2, 0) is 4.79 Å². The van der Waals surface area contributed by atoms with Gasteiger partial charge in [0.2, 0.25) is 0 Å². The molecule has 108 valence electrons. The van der Waals surface area contributed by atoms with Gasteiger partial charge in [-0.2, -0.15) is 0 Å². The van der Waals surface area contributed by atoms with Gasteiger partial charge in [-0.05, 0) is 48.0 Å². The number of ether oxygens (including phenoxy) is 1. The van der Waals surface area contributed by atoms with Crippen LogP contribution in [0.5, 0.6) is 11.5 Å². The van der Waals surface area contributed by atoms with Crippen LogP contribution in [0.3, 0.4) is 0 Å². The number of carbonyl (C=O) groups is 1. The molecule has 0 radical (unpaired) electrons. The smallest absolute Gasteiger partial charge is 0.328 e. The number of carboxylic acids is 1. The molecule has 0 bridgehead atoms. The molecule has 0 aromatic heterocycles. The van der Waals surface area contributed by atoms with Crippen LogP contribution in [0.15, 0.2) is 42.5 Å². The highest BCUT2D eigenvalue weighted by Gasteiger charge is 2.13. The SMILES string of the molecule is O=C(O)C=Cc1cc(F)c(Oc2ccc(F)cc2)c(F)c1. The molecule has 3 nitrogen and oxygen atoms in total. The number of carboxylic acid groups (broad SMARTS) is 1. The van der Waals surface area contributed by atoms with Crippen LogP contribution >= 0.6 is 0 Å². The first-order chi connectivity index (χ1) is 9.95. The Kier molecular flexibility index (Phi) is 4.27. The van der Waals surface area contributed by atoms with Crippen molar-refractivity contribution in [2.24, 2.45) is 0 Å². The molecular weight excluding hydrogens is 285 g/mol. The van der Waals surface area contributed by atoms with Crippen molar-refractivity contribution >= 4 is 12.0 Å². The van der Waals surface area contributed by atoms with Gasteiger partial charge in [0, 0.05) is 6.08 Å². The molecule has 0 aliphatic heterocycles. The Bertz CT molecular complexity index is 671. The van der Waals surface area contributed by atoms with E-state index in [0.717, 1.165) is 36.4 Å². The normalized spacial score (nSPS) is 10.8. The molecule has 0 atom stereocenters. The molecule has 6 heteroatoms. The summed E-state index contributed by atoms with van der Waals surface area (Å²) in [5.74, 6) is -4.30. The maximum atomic E-state index is 13.8. The van der Waals surface area contributed by atoms with E-state index in [2.05, 4.69) is 0 Å². The Morgan fingerprint density at radius 1 is 1.05 bits per heavy atom. The van der Waals surface area contributed by atoms with Crippen molar-refractivity contribution in [3.8, 4) is 11.5 Å². The van der Waals surface area contributed by atoms with Crippen LogP contribution in [-0.4, -0.2) is 11.1 Å². The summed E-state index contributed by atoms with van der Waals surface area (Å²) >= 11 is 0. The predicted molar refractivity (Wildman–Crippen MR) is 69.5 cm³/mol. The highest BCUT2D eigenvalue weighted by molar-refractivity contribution is 5.85. The summed E-state index contributed by atoms with van der Waals surface area (Å²) in [5.41, 5.74) is 0.0406. The fraction of sp³-hybridized carbons (Fsp3) is 0. The number of rotatable bonds is 4. The van der Waals surface area contributed by atoms with Gasteiger partial charge < -0.3 is 9.84 Å². The van der Waals surface area contributed by atoms with Crippen molar-refractivity contribution in [1.82, 2.24) is 0 Å². The third-order valence-corrected chi connectivity index (χ3v) is 2.47. The Hall–Kier alpha value is -2.76. The summed E-state index contributed by atoms with van der Waals surface area (Å²) in [5, 5.41) is 8.46. The topological polar surface area (TPSA) is 46.5 Å². The second-order valence-corrected chi connectivity index (χ2v) is 4.04. The first-order valence-electron chi connectivity index (χ1n) is 5.79. The van der Waals surface area contributed by atoms with Crippen LogP contribution in [0.2, 0.25) is 0 Å². The van der Waals surface area contributed by atoms with Gasteiger partial charge in [-0.3, -0.25) is 0 Å². The van der Waals surface area contributed by atoms with Gasteiger partial charge in [0.25, 0.3) is 0 Å². The third kappa shape index (κ3) is 3.85. The lowest BCUT2D eigenvalue weighted by atomic mass is 10.2. The van der Waals surface area contributed by atoms with E-state index in [0.29, 0.717) is 0 Å². The fourth-order valence-electron chi connectivity index (χ4n) is 1.56. The molecule has 2 aromatic carbocycles. The van der Waals surface area contributed by atoms with E-state index < -0.39 is 29.2 Å². The van der Waals surface area contributed by atoms with Crippen LogP contribution in [0.1, 0.15) is 5.56 Å². The molecule has 0 saturated carbocycles. The van der Waals surface area contributed by atoms with Gasteiger partial charge >= 0.3 is 5.97 Å². The lowest BCUT2D eigenvalue weighted by Crippen LogP contribution is -1.94. The van der Waals surface area contributed by atoms with Crippen molar-refractivity contribution in [2.45, 2.75) is 0 Å². The minimum Gasteiger partial charge on any atom is -0.478 e. The molecule has 0 amide bonds. The Labute approximate surface area is 117 Å². The second-order valence-electron chi connectivity index (χ2n) is 4.04. The molecule has 0 aliphatic carbocycles. The molecule has 0 aliphatic rings. The molecule has 1 N–H and O–H groups in total. The Morgan fingerprint density at radius 2 is 1.62 bits per heavy atom. The van der Waals surface area contributed by atoms with Crippen LogP contribution in [0.25, 0.3) is 6.08 Å². The largest absolute Gasteiger partial charge is 0.478 e. The van der Waals surface area contributed by atoms with E-state index in [1.54, 1.807) is 0 Å². The van der Waals surface area contributed by atoms with E-state index >= 15 is 0 Å². The zero-order chi connectivity index (χ0) is 15.4. The monoisotopic (exact) mass is 294 g/mol. The van der Waals surface area contributed by atoms with Crippen molar-refractivity contribution in [1.29, 1.82) is 0 Å². The van der Waals surface area contributed by atoms with Crippen molar-refractivity contribution in [3.63, 3.8) is 0 Å². The van der Waals surface area contributed by atoms with Gasteiger partial charge in [-0.25, -0.2) is 18.0 Å². The lowest BCUT2D eigenvalue weighted by molar-refractivity contribution is -0.131. The lowest BCUT2D eigenvalue weighted by Gasteiger charge is -2.08. The highest BCUT2D eigenvalue weighted by Crippen LogP contribution is 2.29. The minimum absolute atomic E-state index is 0.0406. The van der Waals surface area contributed by atoms with Gasteiger partial charge in [0.1, 0.15) is 11.6 Å². The zero-order valence-corrected chi connectivity index (χ0v) is 10.5. The molecule has 2 rings (SSSR count). The summed E-state index contributed by atoms with van der Waals surface area (Å²) in [6, 6.07) is 6.51. The maximum Gasteiger partial charge on any atom is 0.328 e. The Balaban J connectivity index is 2.28. The molecular formula is C15H9F3O3. The highest BCUT2D eigenvalue weighted by atomic mass is 19.1. The molecule has 0 saturated heterocycles. The third-order valence-electron chi connectivity index (χ3n) is 2.47. The van der Waals surface area contributed by atoms with Crippen LogP contribution in [0, 0.1) is 17.5 Å². The van der Waals surface area contributed by atoms with Crippen LogP contribution < -0.4 is 4.74 Å². The van der Waals surface area contributed by atoms with E-state index in [1.165, 1.54) is 12.1 Å². The fourth-order valence-corrected chi connectivity index (χ4v) is 1.56. The minimum atomic E-state index is -1.23. The van der Waals surface area contributed by atoms with Gasteiger partial charge in [-0.1, -0.05) is 0 Å². The number of aliphatic carboxylic acids is 1. The average molecular weight is 294 g/mol. The summed E-state index contributed by atoms with van der Waals surface area (Å²) in [6.07, 6.45) is 1.81. The molecule has 21 heavy (non-hydrogen) atoms. The van der Waals surface area contributed by atoms with E-state index in [1.807, 2.05) is 0 Å². The Morgan fingerprint density at radius 3 is 2.14 bits per heavy atom. The van der Waals surface area contributed by atoms with Gasteiger partial charge in [0.05, 0.1) is 0 Å². The summed E-state index contributed by atoms with van der Waals surface area (Å²) < 4.78 is 45.3. The van der Waals surface area contributed by atoms with Crippen molar-refractivity contribution in [2.75, 3.05) is 0 Å². The molecule has 0 spiro atoms. The summed E-state index contributed by atoms with van der Waals surface area (Å²) in [4.78, 5) is 10.3. The first kappa shape index (κ1) is 14.6. The van der Waals surface area contributed by atoms with Crippen molar-refractivity contribution in [3.05, 3.63) is 65.5 Å². The van der Waals surface area contributed by atoms with E-state index in [4.69, 9.17) is 9.84 Å². The van der Waals surface area contributed by atoms with Crippen LogP contribution in [0.4, 0.5) is 13.2 Å². The summed E-state index contributed by atoms with van der Waals surface area (Å²) in [7, 11) is 0. The number of hydrogen-bond donors (Lipinski definition) is 1. The maximum absolute atomic E-state index is 13.8. The molecule has 0 unspecified atom stereocenters. The summed E-state index contributed by atoms with van der Waals surface area (Å²) in [6.45, 7) is 0. The molecule has 2 aromatic rings. The predicted octanol–water partition coefficient (Wildman–Crippen LogP) is 3.99. The first-order valence-corrected chi connectivity index (χ1v) is 5.79. The average Bonchev–Trinajstić information content (AvgIpc) is 2.42. The standard InChI is InChI=1S/C15H9F3O3/c16-10-2-4-11(5-3-10)21-15-12(17)7-9(8-13(15)18)1-6-14(19)20/h1-8H,(H,19,20). The van der Waals surface area contributed by atoms with E-state index in [9.17, 15) is 18.0 Å². The van der Waals surface area contributed by atoms with E-state index in [-0.39, 0.29) is 11.3 Å². The second kappa shape index (κ2) is 6.13. The zero-order valence-electron chi connectivity index (χ0n) is 10.5.